The third-order valence-electron chi connectivity index (χ3n) is 3.10. The summed E-state index contributed by atoms with van der Waals surface area (Å²) in [5.41, 5.74) is 0.933. The van der Waals surface area contributed by atoms with E-state index in [9.17, 15) is 0 Å². The highest BCUT2D eigenvalue weighted by Crippen LogP contribution is 2.24. The van der Waals surface area contributed by atoms with Gasteiger partial charge in [-0.1, -0.05) is 12.1 Å². The first-order valence-electron chi connectivity index (χ1n) is 6.29. The number of anilines is 3. The van der Waals surface area contributed by atoms with E-state index in [4.69, 9.17) is 0 Å². The minimum atomic E-state index is 0.524. The number of rotatable bonds is 3. The van der Waals surface area contributed by atoms with Crippen molar-refractivity contribution in [1.82, 2.24) is 15.2 Å². The second-order valence-corrected chi connectivity index (χ2v) is 5.29. The van der Waals surface area contributed by atoms with Crippen LogP contribution in [-0.4, -0.2) is 28.3 Å². The average molecular weight is 320 g/mol. The van der Waals surface area contributed by atoms with Crippen molar-refractivity contribution >= 4 is 33.4 Å². The van der Waals surface area contributed by atoms with E-state index in [1.807, 2.05) is 24.3 Å². The summed E-state index contributed by atoms with van der Waals surface area (Å²) in [5.74, 6) is 1.42. The van der Waals surface area contributed by atoms with Crippen molar-refractivity contribution in [2.45, 2.75) is 12.8 Å². The van der Waals surface area contributed by atoms with Gasteiger partial charge in [0.2, 0.25) is 5.95 Å². The predicted octanol–water partition coefficient (Wildman–Crippen LogP) is 2.98. The zero-order valence-electron chi connectivity index (χ0n) is 10.4. The Kier molecular flexibility index (Phi) is 3.59. The van der Waals surface area contributed by atoms with Crippen LogP contribution in [0, 0.1) is 0 Å². The van der Waals surface area contributed by atoms with E-state index in [1.165, 1.54) is 12.8 Å². The van der Waals surface area contributed by atoms with Crippen molar-refractivity contribution in [3.05, 3.63) is 34.9 Å². The summed E-state index contributed by atoms with van der Waals surface area (Å²) in [6.07, 6.45) is 4.16. The lowest BCUT2D eigenvalue weighted by Gasteiger charge is -2.16. The molecule has 98 valence electrons. The molecule has 0 spiro atoms. The Morgan fingerprint density at radius 1 is 1.16 bits per heavy atom. The fourth-order valence-corrected chi connectivity index (χ4v) is 2.51. The molecule has 0 unspecified atom stereocenters. The standard InChI is InChI=1S/C13H14BrN5/c14-10-5-1-2-6-11(10)16-13-17-12(9-15-18-13)19-7-3-4-8-19/h1-2,5-6,9H,3-4,7-8H2,(H,16,17,18). The van der Waals surface area contributed by atoms with Crippen LogP contribution in [0.2, 0.25) is 0 Å². The molecule has 1 fully saturated rings. The van der Waals surface area contributed by atoms with Crippen molar-refractivity contribution in [3.63, 3.8) is 0 Å². The van der Waals surface area contributed by atoms with Crippen molar-refractivity contribution in [2.24, 2.45) is 0 Å². The molecule has 1 aromatic heterocycles. The van der Waals surface area contributed by atoms with E-state index in [0.29, 0.717) is 5.95 Å². The molecule has 6 heteroatoms. The first kappa shape index (κ1) is 12.3. The summed E-state index contributed by atoms with van der Waals surface area (Å²) >= 11 is 3.49. The molecule has 1 aromatic carbocycles. The van der Waals surface area contributed by atoms with Gasteiger partial charge in [0.15, 0.2) is 5.82 Å². The molecule has 1 N–H and O–H groups in total. The third-order valence-corrected chi connectivity index (χ3v) is 3.79. The van der Waals surface area contributed by atoms with Gasteiger partial charge in [-0.05, 0) is 40.9 Å². The summed E-state index contributed by atoms with van der Waals surface area (Å²) in [4.78, 5) is 6.75. The maximum absolute atomic E-state index is 4.51. The number of benzene rings is 1. The van der Waals surface area contributed by atoms with Crippen LogP contribution in [0.5, 0.6) is 0 Å². The molecule has 3 rings (SSSR count). The van der Waals surface area contributed by atoms with Crippen molar-refractivity contribution in [2.75, 3.05) is 23.3 Å². The maximum Gasteiger partial charge on any atom is 0.249 e. The first-order valence-corrected chi connectivity index (χ1v) is 7.08. The normalized spacial score (nSPS) is 14.7. The van der Waals surface area contributed by atoms with Gasteiger partial charge in [0.1, 0.15) is 0 Å². The number of para-hydroxylation sites is 1. The lowest BCUT2D eigenvalue weighted by molar-refractivity contribution is 0.890. The van der Waals surface area contributed by atoms with Crippen LogP contribution >= 0.6 is 15.9 Å². The van der Waals surface area contributed by atoms with Crippen molar-refractivity contribution in [1.29, 1.82) is 0 Å². The zero-order valence-corrected chi connectivity index (χ0v) is 12.0. The Morgan fingerprint density at radius 2 is 1.95 bits per heavy atom. The van der Waals surface area contributed by atoms with E-state index >= 15 is 0 Å². The Bertz CT molecular complexity index is 568. The SMILES string of the molecule is Brc1ccccc1Nc1nncc(N2CCCC2)n1. The van der Waals surface area contributed by atoms with Crippen molar-refractivity contribution in [3.8, 4) is 0 Å². The Balaban J connectivity index is 1.81. The topological polar surface area (TPSA) is 53.9 Å². The zero-order chi connectivity index (χ0) is 13.1. The number of nitrogens with zero attached hydrogens (tertiary/aromatic N) is 4. The van der Waals surface area contributed by atoms with Crippen LogP contribution in [0.3, 0.4) is 0 Å². The van der Waals surface area contributed by atoms with Gasteiger partial charge in [-0.25, -0.2) is 0 Å². The summed E-state index contributed by atoms with van der Waals surface area (Å²) in [5, 5.41) is 11.2. The molecule has 0 radical (unpaired) electrons. The molecule has 2 heterocycles. The molecule has 1 aliphatic heterocycles. The highest BCUT2D eigenvalue weighted by molar-refractivity contribution is 9.10. The Morgan fingerprint density at radius 3 is 2.74 bits per heavy atom. The lowest BCUT2D eigenvalue weighted by atomic mass is 10.3. The van der Waals surface area contributed by atoms with Gasteiger partial charge in [-0.15, -0.1) is 5.10 Å². The van der Waals surface area contributed by atoms with Gasteiger partial charge in [0, 0.05) is 17.6 Å². The van der Waals surface area contributed by atoms with Gasteiger partial charge in [-0.3, -0.25) is 0 Å². The predicted molar refractivity (Wildman–Crippen MR) is 78.7 cm³/mol. The number of hydrogen-bond donors (Lipinski definition) is 1. The number of nitrogens with one attached hydrogen (secondary N) is 1. The molecule has 1 saturated heterocycles. The minimum absolute atomic E-state index is 0.524. The fourth-order valence-electron chi connectivity index (χ4n) is 2.13. The summed E-state index contributed by atoms with van der Waals surface area (Å²) in [6, 6.07) is 7.87. The van der Waals surface area contributed by atoms with E-state index in [1.54, 1.807) is 6.20 Å². The molecule has 0 amide bonds. The quantitative estimate of drug-likeness (QED) is 0.942. The molecule has 0 aliphatic carbocycles. The maximum atomic E-state index is 4.51. The van der Waals surface area contributed by atoms with E-state index in [2.05, 4.69) is 41.3 Å². The molecule has 5 nitrogen and oxygen atoms in total. The molecular weight excluding hydrogens is 306 g/mol. The summed E-state index contributed by atoms with van der Waals surface area (Å²) < 4.78 is 0.977. The second kappa shape index (κ2) is 5.52. The summed E-state index contributed by atoms with van der Waals surface area (Å²) in [6.45, 7) is 2.10. The van der Waals surface area contributed by atoms with Gasteiger partial charge < -0.3 is 10.2 Å². The fraction of sp³-hybridized carbons (Fsp3) is 0.308. The van der Waals surface area contributed by atoms with Crippen LogP contribution in [0.25, 0.3) is 0 Å². The summed E-state index contributed by atoms with van der Waals surface area (Å²) in [7, 11) is 0. The van der Waals surface area contributed by atoms with Crippen LogP contribution in [0.15, 0.2) is 34.9 Å². The number of aromatic nitrogens is 3. The second-order valence-electron chi connectivity index (χ2n) is 4.44. The van der Waals surface area contributed by atoms with Crippen LogP contribution in [0.4, 0.5) is 17.5 Å². The minimum Gasteiger partial charge on any atom is -0.355 e. The van der Waals surface area contributed by atoms with Gasteiger partial charge in [0.25, 0.3) is 0 Å². The third kappa shape index (κ3) is 2.84. The molecule has 2 aromatic rings. The lowest BCUT2D eigenvalue weighted by Crippen LogP contribution is -2.19. The molecule has 0 atom stereocenters. The molecule has 0 bridgehead atoms. The van der Waals surface area contributed by atoms with E-state index < -0.39 is 0 Å². The molecule has 19 heavy (non-hydrogen) atoms. The van der Waals surface area contributed by atoms with Gasteiger partial charge >= 0.3 is 0 Å². The Labute approximate surface area is 120 Å². The van der Waals surface area contributed by atoms with Crippen molar-refractivity contribution < 1.29 is 0 Å². The number of hydrogen-bond acceptors (Lipinski definition) is 5. The van der Waals surface area contributed by atoms with Crippen LogP contribution < -0.4 is 10.2 Å². The monoisotopic (exact) mass is 319 g/mol. The highest BCUT2D eigenvalue weighted by atomic mass is 79.9. The van der Waals surface area contributed by atoms with Crippen LogP contribution in [0.1, 0.15) is 12.8 Å². The highest BCUT2D eigenvalue weighted by Gasteiger charge is 2.14. The largest absolute Gasteiger partial charge is 0.355 e. The average Bonchev–Trinajstić information content (AvgIpc) is 2.96. The molecule has 0 saturated carbocycles. The molecule has 1 aliphatic rings. The number of halogens is 1. The van der Waals surface area contributed by atoms with Gasteiger partial charge in [-0.2, -0.15) is 10.1 Å². The molecular formula is C13H14BrN5. The first-order chi connectivity index (χ1) is 9.33. The van der Waals surface area contributed by atoms with E-state index in [-0.39, 0.29) is 0 Å². The Hall–Kier alpha value is -1.69. The van der Waals surface area contributed by atoms with Crippen LogP contribution in [-0.2, 0) is 0 Å². The smallest absolute Gasteiger partial charge is 0.249 e. The van der Waals surface area contributed by atoms with E-state index in [0.717, 1.165) is 29.1 Å². The van der Waals surface area contributed by atoms with Gasteiger partial charge in [0.05, 0.1) is 11.9 Å².